The van der Waals surface area contributed by atoms with Crippen LogP contribution in [0.15, 0.2) is 88.5 Å². The minimum absolute atomic E-state index is 0.0101. The Kier molecular flexibility index (Phi) is 6.01. The standard InChI is InChI=1S/C27H19Cl2NO5/c1-2-34-20-10-8-19(9-11-20)30-24(15-3-5-17(28)6-4-15)23(26(32)27(30)33)25(31)22-14-16-13-18(29)7-12-21(16)35-22/h3-14,24,32H,2H2,1H3. The van der Waals surface area contributed by atoms with E-state index in [1.807, 2.05) is 6.92 Å². The van der Waals surface area contributed by atoms with Crippen molar-refractivity contribution in [2.45, 2.75) is 13.0 Å². The van der Waals surface area contributed by atoms with E-state index < -0.39 is 23.5 Å². The number of ether oxygens (including phenoxy) is 1. The average molecular weight is 508 g/mol. The fourth-order valence-electron chi connectivity index (χ4n) is 4.19. The van der Waals surface area contributed by atoms with Gasteiger partial charge in [0.15, 0.2) is 11.5 Å². The second-order valence-electron chi connectivity index (χ2n) is 7.94. The number of anilines is 1. The summed E-state index contributed by atoms with van der Waals surface area (Å²) in [6, 6.07) is 19.3. The predicted octanol–water partition coefficient (Wildman–Crippen LogP) is 6.92. The number of carbonyl (C=O) groups is 2. The van der Waals surface area contributed by atoms with Crippen LogP contribution in [0.25, 0.3) is 11.0 Å². The summed E-state index contributed by atoms with van der Waals surface area (Å²) in [5.74, 6) is -1.31. The molecule has 0 saturated heterocycles. The lowest BCUT2D eigenvalue weighted by atomic mass is 9.94. The Bertz CT molecular complexity index is 1470. The monoisotopic (exact) mass is 507 g/mol. The zero-order valence-corrected chi connectivity index (χ0v) is 20.0. The molecule has 0 saturated carbocycles. The molecule has 5 rings (SSSR count). The first-order chi connectivity index (χ1) is 16.9. The Balaban J connectivity index is 1.62. The number of rotatable bonds is 6. The number of furan rings is 1. The van der Waals surface area contributed by atoms with Crippen molar-refractivity contribution in [3.8, 4) is 5.75 Å². The van der Waals surface area contributed by atoms with Crippen LogP contribution in [0.4, 0.5) is 5.69 Å². The van der Waals surface area contributed by atoms with Crippen LogP contribution in [-0.4, -0.2) is 23.4 Å². The van der Waals surface area contributed by atoms with Crippen LogP contribution in [0.2, 0.25) is 10.0 Å². The maximum absolute atomic E-state index is 13.7. The lowest BCUT2D eigenvalue weighted by Gasteiger charge is -2.27. The highest BCUT2D eigenvalue weighted by Crippen LogP contribution is 2.43. The normalized spacial score (nSPS) is 15.8. The molecule has 0 radical (unpaired) electrons. The van der Waals surface area contributed by atoms with E-state index in [0.717, 1.165) is 0 Å². The molecule has 1 amide bonds. The molecule has 8 heteroatoms. The summed E-state index contributed by atoms with van der Waals surface area (Å²) in [6.45, 7) is 2.37. The first-order valence-electron chi connectivity index (χ1n) is 10.9. The fraction of sp³-hybridized carbons (Fsp3) is 0.111. The van der Waals surface area contributed by atoms with Crippen LogP contribution >= 0.6 is 23.2 Å². The highest BCUT2D eigenvalue weighted by atomic mass is 35.5. The highest BCUT2D eigenvalue weighted by Gasteiger charge is 2.45. The molecular formula is C27H19Cl2NO5. The van der Waals surface area contributed by atoms with Gasteiger partial charge in [0.1, 0.15) is 11.3 Å². The van der Waals surface area contributed by atoms with Gasteiger partial charge in [0.2, 0.25) is 5.78 Å². The van der Waals surface area contributed by atoms with Crippen molar-refractivity contribution in [1.82, 2.24) is 0 Å². The number of ketones is 1. The Hall–Kier alpha value is -3.74. The number of hydrogen-bond donors (Lipinski definition) is 1. The Labute approximate surface area is 210 Å². The molecule has 2 heterocycles. The smallest absolute Gasteiger partial charge is 0.294 e. The highest BCUT2D eigenvalue weighted by molar-refractivity contribution is 6.31. The number of carbonyl (C=O) groups excluding carboxylic acids is 2. The quantitative estimate of drug-likeness (QED) is 0.286. The Morgan fingerprint density at radius 1 is 1.00 bits per heavy atom. The number of aliphatic hydroxyl groups excluding tert-OH is 1. The van der Waals surface area contributed by atoms with E-state index >= 15 is 0 Å². The van der Waals surface area contributed by atoms with Gasteiger partial charge < -0.3 is 14.3 Å². The van der Waals surface area contributed by atoms with Crippen molar-refractivity contribution in [1.29, 1.82) is 0 Å². The molecular weight excluding hydrogens is 489 g/mol. The number of Topliss-reactive ketones (excluding diaryl/α,β-unsaturated/α-hetero) is 1. The van der Waals surface area contributed by atoms with Crippen molar-refractivity contribution in [2.75, 3.05) is 11.5 Å². The molecule has 6 nitrogen and oxygen atoms in total. The minimum Gasteiger partial charge on any atom is -0.503 e. The second kappa shape index (κ2) is 9.13. The summed E-state index contributed by atoms with van der Waals surface area (Å²) >= 11 is 12.1. The van der Waals surface area contributed by atoms with E-state index in [2.05, 4.69) is 0 Å². The predicted molar refractivity (Wildman–Crippen MR) is 134 cm³/mol. The Morgan fingerprint density at radius 2 is 1.69 bits per heavy atom. The first-order valence-corrected chi connectivity index (χ1v) is 11.6. The van der Waals surface area contributed by atoms with Gasteiger partial charge in [-0.25, -0.2) is 0 Å². The van der Waals surface area contributed by atoms with Gasteiger partial charge in [0.25, 0.3) is 5.91 Å². The average Bonchev–Trinajstić information content (AvgIpc) is 3.38. The van der Waals surface area contributed by atoms with Gasteiger partial charge in [-0.1, -0.05) is 35.3 Å². The van der Waals surface area contributed by atoms with Crippen molar-refractivity contribution in [3.63, 3.8) is 0 Å². The van der Waals surface area contributed by atoms with Crippen molar-refractivity contribution in [3.05, 3.63) is 105 Å². The zero-order valence-electron chi connectivity index (χ0n) is 18.5. The van der Waals surface area contributed by atoms with E-state index in [1.54, 1.807) is 72.8 Å². The summed E-state index contributed by atoms with van der Waals surface area (Å²) in [6.07, 6.45) is 0. The summed E-state index contributed by atoms with van der Waals surface area (Å²) in [5, 5.41) is 12.6. The number of nitrogens with zero attached hydrogens (tertiary/aromatic N) is 1. The molecule has 0 spiro atoms. The van der Waals surface area contributed by atoms with E-state index in [9.17, 15) is 14.7 Å². The third-order valence-corrected chi connectivity index (χ3v) is 6.25. The Morgan fingerprint density at radius 3 is 2.37 bits per heavy atom. The molecule has 1 unspecified atom stereocenters. The summed E-state index contributed by atoms with van der Waals surface area (Å²) < 4.78 is 11.2. The lowest BCUT2D eigenvalue weighted by Crippen LogP contribution is -2.31. The molecule has 0 aliphatic carbocycles. The molecule has 4 aromatic rings. The number of amides is 1. The third kappa shape index (κ3) is 4.16. The van der Waals surface area contributed by atoms with Crippen molar-refractivity contribution in [2.24, 2.45) is 0 Å². The zero-order chi connectivity index (χ0) is 24.7. The largest absolute Gasteiger partial charge is 0.503 e. The van der Waals surface area contributed by atoms with E-state index in [1.165, 1.54) is 4.90 Å². The van der Waals surface area contributed by atoms with Gasteiger partial charge in [-0.05, 0) is 73.2 Å². The van der Waals surface area contributed by atoms with Crippen LogP contribution in [0.1, 0.15) is 29.1 Å². The van der Waals surface area contributed by atoms with Crippen molar-refractivity contribution >= 4 is 51.5 Å². The maximum atomic E-state index is 13.7. The number of benzene rings is 3. The molecule has 1 aliphatic heterocycles. The van der Waals surface area contributed by atoms with Gasteiger partial charge in [0, 0.05) is 21.1 Å². The SMILES string of the molecule is CCOc1ccc(N2C(=O)C(O)=C(C(=O)c3cc4cc(Cl)ccc4o3)C2c2ccc(Cl)cc2)cc1. The number of aliphatic hydroxyl groups is 1. The first kappa shape index (κ1) is 23.0. The second-order valence-corrected chi connectivity index (χ2v) is 8.81. The van der Waals surface area contributed by atoms with Crippen molar-refractivity contribution < 1.29 is 23.8 Å². The van der Waals surface area contributed by atoms with E-state index in [4.69, 9.17) is 32.4 Å². The van der Waals surface area contributed by atoms with Crippen LogP contribution in [0.5, 0.6) is 5.75 Å². The van der Waals surface area contributed by atoms with Gasteiger partial charge in [-0.15, -0.1) is 0 Å². The lowest BCUT2D eigenvalue weighted by molar-refractivity contribution is -0.117. The molecule has 1 aliphatic rings. The van der Waals surface area contributed by atoms with E-state index in [-0.39, 0.29) is 11.3 Å². The molecule has 35 heavy (non-hydrogen) atoms. The molecule has 0 fully saturated rings. The number of halogens is 2. The van der Waals surface area contributed by atoms with Gasteiger partial charge >= 0.3 is 0 Å². The van der Waals surface area contributed by atoms with Crippen LogP contribution < -0.4 is 9.64 Å². The summed E-state index contributed by atoms with van der Waals surface area (Å²) in [5.41, 5.74) is 1.47. The molecule has 1 atom stereocenters. The van der Waals surface area contributed by atoms with Crippen LogP contribution in [-0.2, 0) is 4.79 Å². The van der Waals surface area contributed by atoms with E-state index in [0.29, 0.717) is 44.6 Å². The molecule has 1 N–H and O–H groups in total. The summed E-state index contributed by atoms with van der Waals surface area (Å²) in [4.78, 5) is 28.3. The van der Waals surface area contributed by atoms with Crippen LogP contribution in [0, 0.1) is 0 Å². The molecule has 0 bridgehead atoms. The minimum atomic E-state index is -0.901. The topological polar surface area (TPSA) is 80.0 Å². The van der Waals surface area contributed by atoms with Crippen LogP contribution in [0.3, 0.4) is 0 Å². The molecule has 1 aromatic heterocycles. The summed E-state index contributed by atoms with van der Waals surface area (Å²) in [7, 11) is 0. The fourth-order valence-corrected chi connectivity index (χ4v) is 4.50. The maximum Gasteiger partial charge on any atom is 0.294 e. The van der Waals surface area contributed by atoms with Gasteiger partial charge in [-0.2, -0.15) is 0 Å². The number of hydrogen-bond acceptors (Lipinski definition) is 5. The van der Waals surface area contributed by atoms with Gasteiger partial charge in [-0.3, -0.25) is 14.5 Å². The number of fused-ring (bicyclic) bond motifs is 1. The molecule has 3 aromatic carbocycles. The third-order valence-electron chi connectivity index (χ3n) is 5.77. The molecule has 176 valence electrons. The van der Waals surface area contributed by atoms with Gasteiger partial charge in [0.05, 0.1) is 18.2 Å².